The highest BCUT2D eigenvalue weighted by atomic mass is 16.7. The van der Waals surface area contributed by atoms with Gasteiger partial charge in [-0.2, -0.15) is 0 Å². The highest BCUT2D eigenvalue weighted by Gasteiger charge is 2.25. The molecule has 0 aromatic heterocycles. The van der Waals surface area contributed by atoms with Crippen LogP contribution in [-0.4, -0.2) is 44.8 Å². The van der Waals surface area contributed by atoms with Gasteiger partial charge in [0, 0.05) is 19.2 Å². The van der Waals surface area contributed by atoms with E-state index in [0.717, 1.165) is 32.8 Å². The van der Waals surface area contributed by atoms with Crippen LogP contribution in [0.15, 0.2) is 0 Å². The standard InChI is InChI=1S/C9H17NO3/c1-7-8(2-3-11-7)10-6-9-12-4-5-13-9/h7-10H,2-6H2,1H3/t7-,8-/m1/s1. The van der Waals surface area contributed by atoms with Crippen LogP contribution in [-0.2, 0) is 14.2 Å². The molecule has 0 bridgehead atoms. The van der Waals surface area contributed by atoms with E-state index in [4.69, 9.17) is 14.2 Å². The Kier molecular flexibility index (Phi) is 3.16. The van der Waals surface area contributed by atoms with E-state index in [-0.39, 0.29) is 6.29 Å². The molecule has 1 N–H and O–H groups in total. The van der Waals surface area contributed by atoms with Crippen LogP contribution in [0, 0.1) is 0 Å². The summed E-state index contributed by atoms with van der Waals surface area (Å²) in [5.41, 5.74) is 0. The lowest BCUT2D eigenvalue weighted by Gasteiger charge is -2.18. The third kappa shape index (κ3) is 2.40. The molecule has 0 aromatic rings. The average Bonchev–Trinajstić information content (AvgIpc) is 2.72. The molecule has 0 amide bonds. The van der Waals surface area contributed by atoms with Crippen molar-refractivity contribution in [2.24, 2.45) is 0 Å². The van der Waals surface area contributed by atoms with Gasteiger partial charge in [0.15, 0.2) is 6.29 Å². The first kappa shape index (κ1) is 9.40. The first-order valence-electron chi connectivity index (χ1n) is 4.94. The van der Waals surface area contributed by atoms with E-state index in [0.29, 0.717) is 12.1 Å². The molecule has 2 atom stereocenters. The molecule has 2 aliphatic heterocycles. The predicted octanol–water partition coefficient (Wildman–Crippen LogP) is 0.126. The average molecular weight is 187 g/mol. The van der Waals surface area contributed by atoms with Crippen LogP contribution in [0.4, 0.5) is 0 Å². The lowest BCUT2D eigenvalue weighted by atomic mass is 10.1. The van der Waals surface area contributed by atoms with E-state index < -0.39 is 0 Å². The largest absolute Gasteiger partial charge is 0.377 e. The second kappa shape index (κ2) is 4.37. The van der Waals surface area contributed by atoms with Crippen molar-refractivity contribution in [1.82, 2.24) is 5.32 Å². The van der Waals surface area contributed by atoms with Crippen molar-refractivity contribution in [3.63, 3.8) is 0 Å². The Morgan fingerprint density at radius 2 is 1.92 bits per heavy atom. The van der Waals surface area contributed by atoms with Gasteiger partial charge in [-0.05, 0) is 13.3 Å². The maximum atomic E-state index is 5.44. The van der Waals surface area contributed by atoms with Crippen LogP contribution < -0.4 is 5.32 Å². The Bertz CT molecular complexity index is 159. The summed E-state index contributed by atoms with van der Waals surface area (Å²) in [7, 11) is 0. The summed E-state index contributed by atoms with van der Waals surface area (Å²) in [6.45, 7) is 5.19. The molecular formula is C9H17NO3. The minimum absolute atomic E-state index is 0.0483. The minimum atomic E-state index is -0.0483. The topological polar surface area (TPSA) is 39.7 Å². The number of hydrogen-bond acceptors (Lipinski definition) is 4. The highest BCUT2D eigenvalue weighted by molar-refractivity contribution is 4.79. The summed E-state index contributed by atoms with van der Waals surface area (Å²) in [6, 6.07) is 0.466. The molecule has 4 heteroatoms. The van der Waals surface area contributed by atoms with Crippen LogP contribution in [0.3, 0.4) is 0 Å². The molecule has 4 nitrogen and oxygen atoms in total. The summed E-state index contributed by atoms with van der Waals surface area (Å²) < 4.78 is 16.1. The van der Waals surface area contributed by atoms with Gasteiger partial charge in [-0.15, -0.1) is 0 Å². The van der Waals surface area contributed by atoms with Crippen molar-refractivity contribution >= 4 is 0 Å². The van der Waals surface area contributed by atoms with Crippen molar-refractivity contribution in [2.75, 3.05) is 26.4 Å². The normalized spacial score (nSPS) is 35.8. The van der Waals surface area contributed by atoms with Gasteiger partial charge in [0.25, 0.3) is 0 Å². The first-order valence-corrected chi connectivity index (χ1v) is 4.94. The van der Waals surface area contributed by atoms with Crippen LogP contribution >= 0.6 is 0 Å². The zero-order valence-corrected chi connectivity index (χ0v) is 7.99. The van der Waals surface area contributed by atoms with Crippen molar-refractivity contribution in [3.05, 3.63) is 0 Å². The van der Waals surface area contributed by atoms with E-state index in [1.807, 2.05) is 0 Å². The number of hydrogen-bond donors (Lipinski definition) is 1. The number of nitrogens with one attached hydrogen (secondary N) is 1. The van der Waals surface area contributed by atoms with E-state index in [1.54, 1.807) is 0 Å². The van der Waals surface area contributed by atoms with Gasteiger partial charge in [0.2, 0.25) is 0 Å². The van der Waals surface area contributed by atoms with Gasteiger partial charge in [0.05, 0.1) is 19.3 Å². The fraction of sp³-hybridized carbons (Fsp3) is 1.00. The van der Waals surface area contributed by atoms with Crippen molar-refractivity contribution in [2.45, 2.75) is 31.8 Å². The molecule has 0 aliphatic carbocycles. The molecular weight excluding hydrogens is 170 g/mol. The van der Waals surface area contributed by atoms with Crippen LogP contribution in [0.25, 0.3) is 0 Å². The summed E-state index contributed by atoms with van der Waals surface area (Å²) in [5, 5.41) is 3.40. The Morgan fingerprint density at radius 1 is 1.15 bits per heavy atom. The third-order valence-electron chi connectivity index (χ3n) is 2.61. The SMILES string of the molecule is C[C@H]1OCC[C@H]1NCC1OCCO1. The minimum Gasteiger partial charge on any atom is -0.377 e. The first-order chi connectivity index (χ1) is 6.36. The van der Waals surface area contributed by atoms with Gasteiger partial charge in [-0.25, -0.2) is 0 Å². The van der Waals surface area contributed by atoms with Gasteiger partial charge in [0.1, 0.15) is 0 Å². The molecule has 13 heavy (non-hydrogen) atoms. The Morgan fingerprint density at radius 3 is 2.54 bits per heavy atom. The Hall–Kier alpha value is -0.160. The molecule has 76 valence electrons. The molecule has 0 unspecified atom stereocenters. The highest BCUT2D eigenvalue weighted by Crippen LogP contribution is 2.13. The summed E-state index contributed by atoms with van der Waals surface area (Å²) in [4.78, 5) is 0. The van der Waals surface area contributed by atoms with E-state index >= 15 is 0 Å². The number of rotatable bonds is 3. The smallest absolute Gasteiger partial charge is 0.170 e. The summed E-state index contributed by atoms with van der Waals surface area (Å²) in [6.07, 6.45) is 1.36. The quantitative estimate of drug-likeness (QED) is 0.681. The molecule has 0 spiro atoms. The molecule has 0 radical (unpaired) electrons. The van der Waals surface area contributed by atoms with Gasteiger partial charge in [-0.1, -0.05) is 0 Å². The van der Waals surface area contributed by atoms with Crippen molar-refractivity contribution in [3.8, 4) is 0 Å². The molecule has 2 rings (SSSR count). The fourth-order valence-electron chi connectivity index (χ4n) is 1.77. The molecule has 2 aliphatic rings. The summed E-state index contributed by atoms with van der Waals surface area (Å²) >= 11 is 0. The Labute approximate surface area is 78.5 Å². The molecule has 2 heterocycles. The molecule has 0 aromatic carbocycles. The van der Waals surface area contributed by atoms with Gasteiger partial charge in [-0.3, -0.25) is 0 Å². The maximum absolute atomic E-state index is 5.44. The van der Waals surface area contributed by atoms with Crippen molar-refractivity contribution in [1.29, 1.82) is 0 Å². The molecule has 0 saturated carbocycles. The zero-order chi connectivity index (χ0) is 9.10. The van der Waals surface area contributed by atoms with E-state index in [2.05, 4.69) is 12.2 Å². The van der Waals surface area contributed by atoms with E-state index in [1.165, 1.54) is 0 Å². The van der Waals surface area contributed by atoms with Gasteiger partial charge < -0.3 is 19.5 Å². The maximum Gasteiger partial charge on any atom is 0.170 e. The van der Waals surface area contributed by atoms with Crippen molar-refractivity contribution < 1.29 is 14.2 Å². The van der Waals surface area contributed by atoms with E-state index in [9.17, 15) is 0 Å². The second-order valence-corrected chi connectivity index (χ2v) is 3.55. The summed E-state index contributed by atoms with van der Waals surface area (Å²) in [5.74, 6) is 0. The van der Waals surface area contributed by atoms with Gasteiger partial charge >= 0.3 is 0 Å². The fourth-order valence-corrected chi connectivity index (χ4v) is 1.77. The second-order valence-electron chi connectivity index (χ2n) is 3.55. The number of ether oxygens (including phenoxy) is 3. The molecule has 2 fully saturated rings. The Balaban J connectivity index is 1.66. The van der Waals surface area contributed by atoms with Crippen LogP contribution in [0.1, 0.15) is 13.3 Å². The monoisotopic (exact) mass is 187 g/mol. The lowest BCUT2D eigenvalue weighted by molar-refractivity contribution is -0.0417. The third-order valence-corrected chi connectivity index (χ3v) is 2.61. The van der Waals surface area contributed by atoms with Crippen LogP contribution in [0.2, 0.25) is 0 Å². The lowest BCUT2D eigenvalue weighted by Crippen LogP contribution is -2.39. The predicted molar refractivity (Wildman–Crippen MR) is 47.5 cm³/mol. The molecule has 2 saturated heterocycles. The zero-order valence-electron chi connectivity index (χ0n) is 7.99. The van der Waals surface area contributed by atoms with Crippen LogP contribution in [0.5, 0.6) is 0 Å².